The van der Waals surface area contributed by atoms with E-state index in [-0.39, 0.29) is 32.5 Å². The Balaban J connectivity index is 1.26. The highest BCUT2D eigenvalue weighted by Crippen LogP contribution is 2.58. The second-order valence-electron chi connectivity index (χ2n) is 15.7. The van der Waals surface area contributed by atoms with Crippen LogP contribution in [0.15, 0.2) is 49.1 Å². The zero-order valence-electron chi connectivity index (χ0n) is 25.4. The molecule has 4 atom stereocenters. The molecule has 4 heteroatoms. The molecule has 0 aliphatic heterocycles. The van der Waals surface area contributed by atoms with E-state index in [9.17, 15) is 0 Å². The summed E-state index contributed by atoms with van der Waals surface area (Å²) >= 11 is 0. The maximum Gasteiger partial charge on any atom is 0.115 e. The van der Waals surface area contributed by atoms with Crippen LogP contribution in [-0.4, -0.2) is 20.2 Å². The predicted molar refractivity (Wildman–Crippen MR) is 158 cm³/mol. The molecule has 3 aliphatic carbocycles. The molecule has 1 aromatic carbocycles. The second-order valence-corrected chi connectivity index (χ2v) is 15.7. The van der Waals surface area contributed by atoms with Gasteiger partial charge in [-0.3, -0.25) is 0 Å². The van der Waals surface area contributed by atoms with E-state index in [0.717, 1.165) is 32.1 Å². The third-order valence-electron chi connectivity index (χ3n) is 11.2. The van der Waals surface area contributed by atoms with E-state index in [1.807, 2.05) is 6.20 Å². The summed E-state index contributed by atoms with van der Waals surface area (Å²) in [6.07, 6.45) is 13.7. The summed E-state index contributed by atoms with van der Waals surface area (Å²) < 4.78 is 0. The summed E-state index contributed by atoms with van der Waals surface area (Å²) in [5.74, 6) is 0. The number of nitrogens with zero attached hydrogens (tertiary/aromatic N) is 4. The Bertz CT molecular complexity index is 1320. The Morgan fingerprint density at radius 2 is 1.15 bits per heavy atom. The molecule has 0 radical (unpaired) electrons. The minimum atomic E-state index is 0.0267. The first kappa shape index (κ1) is 26.6. The van der Waals surface area contributed by atoms with Gasteiger partial charge in [0, 0.05) is 23.2 Å². The van der Waals surface area contributed by atoms with Crippen LogP contribution in [0, 0.1) is 0 Å². The Morgan fingerprint density at radius 1 is 0.590 bits per heavy atom. The first-order valence-corrected chi connectivity index (χ1v) is 15.0. The lowest BCUT2D eigenvalue weighted by Gasteiger charge is -2.35. The fourth-order valence-electron chi connectivity index (χ4n) is 9.49. The summed E-state index contributed by atoms with van der Waals surface area (Å²) in [6.45, 7) is 19.4. The van der Waals surface area contributed by atoms with Crippen molar-refractivity contribution in [3.05, 3.63) is 82.7 Å². The van der Waals surface area contributed by atoms with Gasteiger partial charge < -0.3 is 0 Å². The van der Waals surface area contributed by atoms with Crippen molar-refractivity contribution >= 4 is 0 Å². The third-order valence-corrected chi connectivity index (χ3v) is 11.2. The average molecular weight is 523 g/mol. The third kappa shape index (κ3) is 4.07. The smallest absolute Gasteiger partial charge is 0.115 e. The highest BCUT2D eigenvalue weighted by Gasteiger charge is 2.53. The molecule has 3 aliphatic rings. The van der Waals surface area contributed by atoms with Crippen molar-refractivity contribution in [2.75, 3.05) is 0 Å². The van der Waals surface area contributed by atoms with Crippen LogP contribution >= 0.6 is 0 Å². The summed E-state index contributed by atoms with van der Waals surface area (Å²) in [6, 6.07) is 11.4. The van der Waals surface area contributed by atoms with Crippen LogP contribution < -0.4 is 0 Å². The zero-order valence-corrected chi connectivity index (χ0v) is 25.4. The first-order chi connectivity index (χ1) is 18.2. The molecule has 39 heavy (non-hydrogen) atoms. The van der Waals surface area contributed by atoms with Gasteiger partial charge in [-0.25, -0.2) is 9.97 Å². The minimum Gasteiger partial charge on any atom is -0.244 e. The van der Waals surface area contributed by atoms with Gasteiger partial charge in [0.2, 0.25) is 0 Å². The van der Waals surface area contributed by atoms with Crippen molar-refractivity contribution in [2.45, 2.75) is 133 Å². The van der Waals surface area contributed by atoms with Gasteiger partial charge in [0.25, 0.3) is 0 Å². The van der Waals surface area contributed by atoms with Gasteiger partial charge in [-0.05, 0) is 94.9 Å². The molecule has 0 unspecified atom stereocenters. The molecule has 0 amide bonds. The van der Waals surface area contributed by atoms with Crippen LogP contribution in [0.2, 0.25) is 0 Å². The van der Waals surface area contributed by atoms with Gasteiger partial charge in [-0.2, -0.15) is 10.2 Å². The van der Waals surface area contributed by atoms with Gasteiger partial charge in [-0.15, -0.1) is 0 Å². The lowest BCUT2D eigenvalue weighted by Crippen LogP contribution is -2.31. The second kappa shape index (κ2) is 8.44. The number of fused-ring (bicyclic) bond motifs is 3. The van der Waals surface area contributed by atoms with Crippen molar-refractivity contribution in [2.24, 2.45) is 0 Å². The molecule has 4 nitrogen and oxygen atoms in total. The Kier molecular flexibility index (Phi) is 5.76. The maximum absolute atomic E-state index is 4.83. The van der Waals surface area contributed by atoms with E-state index in [4.69, 9.17) is 10.1 Å². The van der Waals surface area contributed by atoms with Gasteiger partial charge in [-0.1, -0.05) is 79.7 Å². The lowest BCUT2D eigenvalue weighted by molar-refractivity contribution is 0.250. The number of benzene rings is 1. The van der Waals surface area contributed by atoms with Crippen molar-refractivity contribution in [1.82, 2.24) is 20.2 Å². The molecule has 0 saturated heterocycles. The Morgan fingerprint density at radius 3 is 1.87 bits per heavy atom. The van der Waals surface area contributed by atoms with Gasteiger partial charge in [0.15, 0.2) is 0 Å². The molecule has 206 valence electrons. The predicted octanol–water partition coefficient (Wildman–Crippen LogP) is 8.02. The SMILES string of the molecule is CC1(C)C[C@](C)(CC[C@@]2(C)C[C@](C)(CC[C@@]3(C)CC(C)(C)c4cncnc43)c3ccnnc32)c2ccccc21. The van der Waals surface area contributed by atoms with Crippen molar-refractivity contribution in [1.29, 1.82) is 0 Å². The molecule has 2 aromatic heterocycles. The summed E-state index contributed by atoms with van der Waals surface area (Å²) in [5.41, 5.74) is 9.02. The summed E-state index contributed by atoms with van der Waals surface area (Å²) in [4.78, 5) is 9.20. The molecule has 0 fully saturated rings. The van der Waals surface area contributed by atoms with E-state index in [1.165, 1.54) is 40.9 Å². The molecular formula is C35H46N4. The highest BCUT2D eigenvalue weighted by atomic mass is 15.1. The topological polar surface area (TPSA) is 51.6 Å². The van der Waals surface area contributed by atoms with Gasteiger partial charge >= 0.3 is 0 Å². The molecule has 0 N–H and O–H groups in total. The molecule has 2 heterocycles. The fourth-order valence-corrected chi connectivity index (χ4v) is 9.49. The Hall–Kier alpha value is -2.62. The number of hydrogen-bond donors (Lipinski definition) is 0. The lowest BCUT2D eigenvalue weighted by atomic mass is 9.68. The minimum absolute atomic E-state index is 0.0267. The average Bonchev–Trinajstić information content (AvgIpc) is 3.36. The van der Waals surface area contributed by atoms with Crippen LogP contribution in [0.3, 0.4) is 0 Å². The quantitative estimate of drug-likeness (QED) is 0.329. The van der Waals surface area contributed by atoms with Crippen molar-refractivity contribution < 1.29 is 0 Å². The standard InChI is InChI=1S/C35H46N4/c1-30(2)20-32(5,25-12-10-9-11-24(25)30)14-17-35(8)22-33(6,26-13-18-38-39-29(26)35)15-16-34(7)21-31(3,4)27-19-36-23-37-28(27)34/h9-13,18-19,23H,14-17,20-22H2,1-8H3/t32-,33-,34-,35-/m0/s1. The summed E-state index contributed by atoms with van der Waals surface area (Å²) in [5, 5.41) is 9.24. The normalized spacial score (nSPS) is 33.5. The van der Waals surface area contributed by atoms with Crippen LogP contribution in [0.1, 0.15) is 134 Å². The first-order valence-electron chi connectivity index (χ1n) is 15.0. The van der Waals surface area contributed by atoms with Crippen LogP contribution in [0.25, 0.3) is 0 Å². The molecule has 0 saturated carbocycles. The molecular weight excluding hydrogens is 476 g/mol. The zero-order chi connectivity index (χ0) is 27.9. The van der Waals surface area contributed by atoms with E-state index >= 15 is 0 Å². The number of hydrogen-bond acceptors (Lipinski definition) is 4. The van der Waals surface area contributed by atoms with E-state index < -0.39 is 0 Å². The number of aromatic nitrogens is 4. The molecule has 3 aromatic rings. The van der Waals surface area contributed by atoms with Crippen LogP contribution in [-0.2, 0) is 32.5 Å². The summed E-state index contributed by atoms with van der Waals surface area (Å²) in [7, 11) is 0. The van der Waals surface area contributed by atoms with Crippen LogP contribution in [0.5, 0.6) is 0 Å². The Labute approximate surface area is 235 Å². The molecule has 6 rings (SSSR count). The molecule has 0 bridgehead atoms. The monoisotopic (exact) mass is 522 g/mol. The number of rotatable bonds is 6. The molecule has 0 spiro atoms. The van der Waals surface area contributed by atoms with E-state index in [2.05, 4.69) is 102 Å². The highest BCUT2D eigenvalue weighted by molar-refractivity contribution is 5.46. The van der Waals surface area contributed by atoms with Crippen molar-refractivity contribution in [3.63, 3.8) is 0 Å². The van der Waals surface area contributed by atoms with E-state index in [1.54, 1.807) is 11.9 Å². The van der Waals surface area contributed by atoms with Gasteiger partial charge in [0.1, 0.15) is 6.33 Å². The largest absolute Gasteiger partial charge is 0.244 e. The maximum atomic E-state index is 4.83. The fraction of sp³-hybridized carbons (Fsp3) is 0.600. The van der Waals surface area contributed by atoms with Gasteiger partial charge in [0.05, 0.1) is 11.4 Å². The van der Waals surface area contributed by atoms with E-state index in [0.29, 0.717) is 0 Å². The van der Waals surface area contributed by atoms with Crippen LogP contribution in [0.4, 0.5) is 0 Å². The van der Waals surface area contributed by atoms with Crippen molar-refractivity contribution in [3.8, 4) is 0 Å².